The zero-order chi connectivity index (χ0) is 15.0. The number of benzene rings is 1. The highest BCUT2D eigenvalue weighted by Crippen LogP contribution is 2.31. The quantitative estimate of drug-likeness (QED) is 0.860. The molecule has 1 saturated heterocycles. The minimum Gasteiger partial charge on any atom is -0.481 e. The van der Waals surface area contributed by atoms with Gasteiger partial charge in [-0.25, -0.2) is 0 Å². The molecule has 5 nitrogen and oxygen atoms in total. The Labute approximate surface area is 123 Å². The standard InChI is InChI=1S/C16H20N2O3/c1-16(15(20)21)5-7-18(10-16)14(19)12-3-2-11-4-6-17-9-13(11)8-12/h2-3,8,17H,4-7,9-10H2,1H3,(H,20,21). The number of carbonyl (C=O) groups is 2. The first-order valence-corrected chi connectivity index (χ1v) is 7.35. The van der Waals surface area contributed by atoms with Crippen molar-refractivity contribution >= 4 is 11.9 Å². The van der Waals surface area contributed by atoms with Gasteiger partial charge in [0.2, 0.25) is 0 Å². The van der Waals surface area contributed by atoms with Gasteiger partial charge in [-0.15, -0.1) is 0 Å². The van der Waals surface area contributed by atoms with Crippen LogP contribution in [0.3, 0.4) is 0 Å². The van der Waals surface area contributed by atoms with Crippen LogP contribution in [-0.2, 0) is 17.8 Å². The van der Waals surface area contributed by atoms with E-state index in [0.29, 0.717) is 18.5 Å². The number of nitrogens with one attached hydrogen (secondary N) is 1. The van der Waals surface area contributed by atoms with Gasteiger partial charge in [-0.05, 0) is 49.6 Å². The largest absolute Gasteiger partial charge is 0.481 e. The molecule has 1 unspecified atom stereocenters. The van der Waals surface area contributed by atoms with Crippen LogP contribution in [-0.4, -0.2) is 41.5 Å². The third kappa shape index (κ3) is 2.53. The number of hydrogen-bond donors (Lipinski definition) is 2. The molecule has 2 aliphatic rings. The maximum absolute atomic E-state index is 12.6. The predicted octanol–water partition coefficient (Wildman–Crippen LogP) is 1.27. The lowest BCUT2D eigenvalue weighted by Crippen LogP contribution is -2.35. The minimum absolute atomic E-state index is 0.0617. The van der Waals surface area contributed by atoms with E-state index in [2.05, 4.69) is 5.32 Å². The van der Waals surface area contributed by atoms with Crippen LogP contribution in [0, 0.1) is 5.41 Å². The molecule has 0 bridgehead atoms. The molecule has 0 saturated carbocycles. The molecule has 0 radical (unpaired) electrons. The summed E-state index contributed by atoms with van der Waals surface area (Å²) in [4.78, 5) is 25.5. The monoisotopic (exact) mass is 288 g/mol. The minimum atomic E-state index is -0.826. The van der Waals surface area contributed by atoms with Gasteiger partial charge in [0, 0.05) is 25.2 Å². The summed E-state index contributed by atoms with van der Waals surface area (Å²) in [7, 11) is 0. The van der Waals surface area contributed by atoms with Crippen molar-refractivity contribution in [2.75, 3.05) is 19.6 Å². The van der Waals surface area contributed by atoms with Crippen molar-refractivity contribution < 1.29 is 14.7 Å². The highest BCUT2D eigenvalue weighted by atomic mass is 16.4. The Hall–Kier alpha value is -1.88. The lowest BCUT2D eigenvalue weighted by molar-refractivity contribution is -0.147. The van der Waals surface area contributed by atoms with Crippen molar-refractivity contribution in [1.82, 2.24) is 10.2 Å². The van der Waals surface area contributed by atoms with Crippen LogP contribution in [0.1, 0.15) is 34.8 Å². The maximum atomic E-state index is 12.6. The first-order chi connectivity index (χ1) is 9.99. The Kier molecular flexibility index (Phi) is 3.45. The number of carboxylic acids is 1. The number of rotatable bonds is 2. The summed E-state index contributed by atoms with van der Waals surface area (Å²) in [5.74, 6) is -0.888. The number of hydrogen-bond acceptors (Lipinski definition) is 3. The average molecular weight is 288 g/mol. The Morgan fingerprint density at radius 2 is 2.14 bits per heavy atom. The van der Waals surface area contributed by atoms with E-state index in [1.54, 1.807) is 11.8 Å². The highest BCUT2D eigenvalue weighted by molar-refractivity contribution is 5.95. The SMILES string of the molecule is CC1(C(=O)O)CCN(C(=O)c2ccc3c(c2)CNCC3)C1. The number of carboxylic acid groups (broad SMARTS) is 1. The molecular formula is C16H20N2O3. The summed E-state index contributed by atoms with van der Waals surface area (Å²) in [5.41, 5.74) is 2.31. The molecule has 112 valence electrons. The number of likely N-dealkylation sites (tertiary alicyclic amines) is 1. The third-order valence-electron chi connectivity index (χ3n) is 4.62. The van der Waals surface area contributed by atoms with Crippen molar-refractivity contribution in [1.29, 1.82) is 0 Å². The summed E-state index contributed by atoms with van der Waals surface area (Å²) in [5, 5.41) is 12.6. The van der Waals surface area contributed by atoms with Crippen molar-refractivity contribution in [3.63, 3.8) is 0 Å². The number of fused-ring (bicyclic) bond motifs is 1. The van der Waals surface area contributed by atoms with Gasteiger partial charge < -0.3 is 15.3 Å². The van der Waals surface area contributed by atoms with Gasteiger partial charge in [-0.2, -0.15) is 0 Å². The van der Waals surface area contributed by atoms with E-state index in [1.807, 2.05) is 18.2 Å². The Morgan fingerprint density at radius 3 is 2.86 bits per heavy atom. The second kappa shape index (κ2) is 5.15. The molecule has 0 spiro atoms. The van der Waals surface area contributed by atoms with Crippen molar-refractivity contribution in [2.45, 2.75) is 26.3 Å². The molecule has 0 aliphatic carbocycles. The summed E-state index contributed by atoms with van der Waals surface area (Å²) in [6.45, 7) is 4.28. The molecule has 1 atom stereocenters. The molecule has 21 heavy (non-hydrogen) atoms. The summed E-state index contributed by atoms with van der Waals surface area (Å²) >= 11 is 0. The Balaban J connectivity index is 1.79. The molecule has 5 heteroatoms. The average Bonchev–Trinajstić information content (AvgIpc) is 2.90. The number of nitrogens with zero attached hydrogens (tertiary/aromatic N) is 1. The molecule has 2 aliphatic heterocycles. The van der Waals surface area contributed by atoms with Crippen LogP contribution in [0.15, 0.2) is 18.2 Å². The molecule has 2 N–H and O–H groups in total. The maximum Gasteiger partial charge on any atom is 0.311 e. The fourth-order valence-electron chi connectivity index (χ4n) is 3.11. The van der Waals surface area contributed by atoms with Crippen LogP contribution >= 0.6 is 0 Å². The van der Waals surface area contributed by atoms with Crippen LogP contribution in [0.25, 0.3) is 0 Å². The van der Waals surface area contributed by atoms with Gasteiger partial charge in [0.15, 0.2) is 0 Å². The lowest BCUT2D eigenvalue weighted by Gasteiger charge is -2.22. The van der Waals surface area contributed by atoms with Crippen LogP contribution in [0.4, 0.5) is 0 Å². The normalized spacial score (nSPS) is 24.7. The first-order valence-electron chi connectivity index (χ1n) is 7.35. The van der Waals surface area contributed by atoms with Gasteiger partial charge in [0.1, 0.15) is 0 Å². The summed E-state index contributed by atoms with van der Waals surface area (Å²) in [6, 6.07) is 5.83. The molecule has 1 aromatic rings. The van der Waals surface area contributed by atoms with Gasteiger partial charge in [0.25, 0.3) is 5.91 Å². The van der Waals surface area contributed by atoms with Crippen LogP contribution in [0.5, 0.6) is 0 Å². The van der Waals surface area contributed by atoms with Gasteiger partial charge in [-0.1, -0.05) is 6.07 Å². The smallest absolute Gasteiger partial charge is 0.311 e. The first kappa shape index (κ1) is 14.1. The van der Waals surface area contributed by atoms with Crippen LogP contribution in [0.2, 0.25) is 0 Å². The topological polar surface area (TPSA) is 69.6 Å². The van der Waals surface area contributed by atoms with Crippen LogP contribution < -0.4 is 5.32 Å². The van der Waals surface area contributed by atoms with E-state index in [9.17, 15) is 14.7 Å². The highest BCUT2D eigenvalue weighted by Gasteiger charge is 2.42. The van der Waals surface area contributed by atoms with E-state index in [1.165, 1.54) is 11.1 Å². The second-order valence-corrected chi connectivity index (χ2v) is 6.25. The molecule has 2 heterocycles. The third-order valence-corrected chi connectivity index (χ3v) is 4.62. The zero-order valence-corrected chi connectivity index (χ0v) is 12.2. The molecule has 1 amide bonds. The lowest BCUT2D eigenvalue weighted by atomic mass is 9.90. The molecular weight excluding hydrogens is 268 g/mol. The van der Waals surface area contributed by atoms with Gasteiger partial charge in [-0.3, -0.25) is 9.59 Å². The summed E-state index contributed by atoms with van der Waals surface area (Å²) in [6.07, 6.45) is 1.51. The second-order valence-electron chi connectivity index (χ2n) is 6.25. The predicted molar refractivity (Wildman–Crippen MR) is 78.1 cm³/mol. The molecule has 0 aromatic heterocycles. The van der Waals surface area contributed by atoms with Crippen molar-refractivity contribution in [2.24, 2.45) is 5.41 Å². The van der Waals surface area contributed by atoms with Crippen molar-refractivity contribution in [3.05, 3.63) is 34.9 Å². The number of carbonyl (C=O) groups excluding carboxylic acids is 1. The van der Waals surface area contributed by atoms with Gasteiger partial charge >= 0.3 is 5.97 Å². The molecule has 1 fully saturated rings. The fraction of sp³-hybridized carbons (Fsp3) is 0.500. The number of aliphatic carboxylic acids is 1. The van der Waals surface area contributed by atoms with E-state index in [4.69, 9.17) is 0 Å². The summed E-state index contributed by atoms with van der Waals surface area (Å²) < 4.78 is 0. The molecule has 1 aromatic carbocycles. The Morgan fingerprint density at radius 1 is 1.33 bits per heavy atom. The zero-order valence-electron chi connectivity index (χ0n) is 12.2. The van der Waals surface area contributed by atoms with E-state index < -0.39 is 11.4 Å². The molecule has 3 rings (SSSR count). The van der Waals surface area contributed by atoms with E-state index >= 15 is 0 Å². The van der Waals surface area contributed by atoms with E-state index in [0.717, 1.165) is 19.5 Å². The number of amides is 1. The van der Waals surface area contributed by atoms with Crippen molar-refractivity contribution in [3.8, 4) is 0 Å². The Bertz CT molecular complexity index is 599. The fourth-order valence-corrected chi connectivity index (χ4v) is 3.11. The van der Waals surface area contributed by atoms with E-state index in [-0.39, 0.29) is 12.5 Å². The van der Waals surface area contributed by atoms with Gasteiger partial charge in [0.05, 0.1) is 5.41 Å².